The highest BCUT2D eigenvalue weighted by atomic mass is 16.1. The van der Waals surface area contributed by atoms with Crippen LogP contribution in [0.1, 0.15) is 53.0 Å². The van der Waals surface area contributed by atoms with Gasteiger partial charge in [-0.3, -0.25) is 4.79 Å². The average molecular weight is 347 g/mol. The zero-order valence-corrected chi connectivity index (χ0v) is 16.4. The fourth-order valence-corrected chi connectivity index (χ4v) is 2.31. The van der Waals surface area contributed by atoms with E-state index in [1.54, 1.807) is 0 Å². The van der Waals surface area contributed by atoms with Gasteiger partial charge < -0.3 is 16.0 Å². The first-order chi connectivity index (χ1) is 12.0. The highest BCUT2D eigenvalue weighted by Gasteiger charge is 2.07. The Kier molecular flexibility index (Phi) is 9.66. The Hall–Kier alpha value is -2.04. The zero-order valence-electron chi connectivity index (χ0n) is 16.4. The average Bonchev–Trinajstić information content (AvgIpc) is 2.61. The molecule has 140 valence electrons. The molecule has 1 aromatic carbocycles. The van der Waals surface area contributed by atoms with Crippen molar-refractivity contribution in [1.29, 1.82) is 0 Å². The van der Waals surface area contributed by atoms with Crippen LogP contribution in [0.5, 0.6) is 0 Å². The molecule has 0 saturated carbocycles. The molecule has 0 radical (unpaired) electrons. The van der Waals surface area contributed by atoms with Crippen LogP contribution in [0.4, 0.5) is 5.69 Å². The monoisotopic (exact) mass is 346 g/mol. The van der Waals surface area contributed by atoms with Crippen molar-refractivity contribution < 1.29 is 4.79 Å². The van der Waals surface area contributed by atoms with Crippen molar-refractivity contribution in [3.63, 3.8) is 0 Å². The number of aliphatic imine (C=N–C) groups is 1. The molecule has 5 nitrogen and oxygen atoms in total. The molecule has 1 rings (SSSR count). The summed E-state index contributed by atoms with van der Waals surface area (Å²) in [5.41, 5.74) is 1.94. The van der Waals surface area contributed by atoms with Gasteiger partial charge in [0.15, 0.2) is 5.96 Å². The summed E-state index contributed by atoms with van der Waals surface area (Å²) < 4.78 is 0. The molecule has 3 N–H and O–H groups in total. The first-order valence-electron chi connectivity index (χ1n) is 9.42. The van der Waals surface area contributed by atoms with E-state index in [1.807, 2.05) is 38.1 Å². The van der Waals surface area contributed by atoms with Crippen molar-refractivity contribution in [3.8, 4) is 0 Å². The van der Waals surface area contributed by atoms with E-state index in [2.05, 4.69) is 41.7 Å². The normalized spacial score (nSPS) is 11.7. The van der Waals surface area contributed by atoms with Crippen LogP contribution in [0.2, 0.25) is 0 Å². The molecule has 0 aliphatic carbocycles. The van der Waals surface area contributed by atoms with E-state index in [1.165, 1.54) is 12.8 Å². The molecule has 1 amide bonds. The quantitative estimate of drug-likeness (QED) is 0.471. The molecule has 0 heterocycles. The fourth-order valence-electron chi connectivity index (χ4n) is 2.31. The van der Waals surface area contributed by atoms with Gasteiger partial charge in [0.2, 0.25) is 5.91 Å². The molecular weight excluding hydrogens is 312 g/mol. The second kappa shape index (κ2) is 11.5. The number of nitrogens with zero attached hydrogens (tertiary/aromatic N) is 1. The summed E-state index contributed by atoms with van der Waals surface area (Å²) in [6, 6.07) is 7.86. The van der Waals surface area contributed by atoms with Gasteiger partial charge in [0.05, 0.1) is 6.54 Å². The third-order valence-electron chi connectivity index (χ3n) is 4.22. The molecular formula is C20H34N4O. The van der Waals surface area contributed by atoms with Crippen LogP contribution in [0.25, 0.3) is 0 Å². The number of guanidine groups is 1. The van der Waals surface area contributed by atoms with Gasteiger partial charge in [-0.2, -0.15) is 0 Å². The highest BCUT2D eigenvalue weighted by molar-refractivity contribution is 5.92. The van der Waals surface area contributed by atoms with E-state index in [0.717, 1.165) is 30.3 Å². The van der Waals surface area contributed by atoms with Gasteiger partial charge >= 0.3 is 0 Å². The molecule has 5 heteroatoms. The summed E-state index contributed by atoms with van der Waals surface area (Å²) in [4.78, 5) is 16.4. The van der Waals surface area contributed by atoms with Crippen LogP contribution in [0, 0.1) is 11.8 Å². The smallest absolute Gasteiger partial charge is 0.226 e. The molecule has 1 aromatic rings. The zero-order chi connectivity index (χ0) is 18.7. The van der Waals surface area contributed by atoms with Gasteiger partial charge in [-0.15, -0.1) is 0 Å². The van der Waals surface area contributed by atoms with Gasteiger partial charge in [0.1, 0.15) is 0 Å². The Balaban J connectivity index is 2.61. The van der Waals surface area contributed by atoms with E-state index in [4.69, 9.17) is 0 Å². The van der Waals surface area contributed by atoms with E-state index in [-0.39, 0.29) is 11.8 Å². The molecule has 0 bridgehead atoms. The van der Waals surface area contributed by atoms with Crippen molar-refractivity contribution in [2.45, 2.75) is 54.0 Å². The Morgan fingerprint density at radius 1 is 1.04 bits per heavy atom. The molecule has 0 saturated heterocycles. The van der Waals surface area contributed by atoms with E-state index < -0.39 is 0 Å². The lowest BCUT2D eigenvalue weighted by Gasteiger charge is -2.16. The summed E-state index contributed by atoms with van der Waals surface area (Å²) in [7, 11) is 0. The predicted molar refractivity (Wildman–Crippen MR) is 107 cm³/mol. The van der Waals surface area contributed by atoms with Gasteiger partial charge in [-0.1, -0.05) is 52.7 Å². The van der Waals surface area contributed by atoms with Crippen LogP contribution < -0.4 is 16.0 Å². The topological polar surface area (TPSA) is 65.5 Å². The number of hydrogen-bond donors (Lipinski definition) is 3. The largest absolute Gasteiger partial charge is 0.357 e. The lowest BCUT2D eigenvalue weighted by Crippen LogP contribution is -2.39. The molecule has 0 fully saturated rings. The van der Waals surface area contributed by atoms with Crippen molar-refractivity contribution in [2.24, 2.45) is 16.8 Å². The van der Waals surface area contributed by atoms with Gasteiger partial charge in [0.25, 0.3) is 0 Å². The van der Waals surface area contributed by atoms with Crippen molar-refractivity contribution in [1.82, 2.24) is 10.6 Å². The first kappa shape index (κ1) is 21.0. The number of amides is 1. The number of carbonyl (C=O) groups is 1. The molecule has 0 unspecified atom stereocenters. The highest BCUT2D eigenvalue weighted by Crippen LogP contribution is 2.12. The maximum absolute atomic E-state index is 11.7. The van der Waals surface area contributed by atoms with Crippen molar-refractivity contribution in [3.05, 3.63) is 29.8 Å². The molecule has 0 spiro atoms. The number of anilines is 1. The number of rotatable bonds is 9. The number of benzene rings is 1. The standard InChI is InChI=1S/C20H34N4O/c1-6-16(7-2)13-22-20(21-8-3)23-14-17-9-11-18(12-10-17)24-19(25)15(4)5/h9-12,15-16H,6-8,13-14H2,1-5H3,(H,24,25)(H2,21,22,23). The minimum absolute atomic E-state index is 0.0203. The molecule has 25 heavy (non-hydrogen) atoms. The van der Waals surface area contributed by atoms with Crippen molar-refractivity contribution in [2.75, 3.05) is 18.4 Å². The second-order valence-electron chi connectivity index (χ2n) is 6.60. The lowest BCUT2D eigenvalue weighted by atomic mass is 10.0. The summed E-state index contributed by atoms with van der Waals surface area (Å²) >= 11 is 0. The lowest BCUT2D eigenvalue weighted by molar-refractivity contribution is -0.118. The third-order valence-corrected chi connectivity index (χ3v) is 4.22. The van der Waals surface area contributed by atoms with Gasteiger partial charge in [-0.05, 0) is 30.5 Å². The van der Waals surface area contributed by atoms with E-state index >= 15 is 0 Å². The number of nitrogens with one attached hydrogen (secondary N) is 3. The summed E-state index contributed by atoms with van der Waals surface area (Å²) in [6.45, 7) is 12.7. The molecule has 0 aliphatic rings. The van der Waals surface area contributed by atoms with Crippen molar-refractivity contribution >= 4 is 17.6 Å². The summed E-state index contributed by atoms with van der Waals surface area (Å²) in [6.07, 6.45) is 2.35. The van der Waals surface area contributed by atoms with Crippen LogP contribution >= 0.6 is 0 Å². The Morgan fingerprint density at radius 2 is 1.68 bits per heavy atom. The maximum atomic E-state index is 11.7. The third kappa shape index (κ3) is 8.05. The minimum Gasteiger partial charge on any atom is -0.357 e. The predicted octanol–water partition coefficient (Wildman–Crippen LogP) is 3.77. The van der Waals surface area contributed by atoms with E-state index in [9.17, 15) is 4.79 Å². The first-order valence-corrected chi connectivity index (χ1v) is 9.42. The van der Waals surface area contributed by atoms with Gasteiger partial charge in [0, 0.05) is 24.7 Å². The SMILES string of the molecule is CCNC(=NCc1ccc(NC(=O)C(C)C)cc1)NCC(CC)CC. The summed E-state index contributed by atoms with van der Waals surface area (Å²) in [5, 5.41) is 9.61. The molecule has 0 atom stereocenters. The number of carbonyl (C=O) groups excluding carboxylic acids is 1. The molecule has 0 aromatic heterocycles. The fraction of sp³-hybridized carbons (Fsp3) is 0.600. The minimum atomic E-state index is -0.0203. The maximum Gasteiger partial charge on any atom is 0.226 e. The summed E-state index contributed by atoms with van der Waals surface area (Å²) in [5.74, 6) is 1.54. The Bertz CT molecular complexity index is 533. The van der Waals surface area contributed by atoms with Crippen LogP contribution in [0.3, 0.4) is 0 Å². The van der Waals surface area contributed by atoms with Crippen LogP contribution in [-0.4, -0.2) is 25.0 Å². The van der Waals surface area contributed by atoms with Crippen LogP contribution in [-0.2, 0) is 11.3 Å². The van der Waals surface area contributed by atoms with Gasteiger partial charge in [-0.25, -0.2) is 4.99 Å². The Labute approximate surface area is 152 Å². The second-order valence-corrected chi connectivity index (χ2v) is 6.60. The number of hydrogen-bond acceptors (Lipinski definition) is 2. The van der Waals surface area contributed by atoms with Crippen LogP contribution in [0.15, 0.2) is 29.3 Å². The molecule has 0 aliphatic heterocycles. The van der Waals surface area contributed by atoms with E-state index in [0.29, 0.717) is 12.5 Å². The Morgan fingerprint density at radius 3 is 2.20 bits per heavy atom.